The van der Waals surface area contributed by atoms with Crippen LogP contribution < -0.4 is 0 Å². The molecule has 2 aromatic carbocycles. The van der Waals surface area contributed by atoms with Crippen LogP contribution in [0.3, 0.4) is 0 Å². The molecule has 0 amide bonds. The predicted octanol–water partition coefficient (Wildman–Crippen LogP) is 4.17. The Kier molecular flexibility index (Phi) is 3.96. The molecule has 1 saturated heterocycles. The number of nitrogens with zero attached hydrogens (tertiary/aromatic N) is 1. The van der Waals surface area contributed by atoms with Crippen LogP contribution in [0, 0.1) is 5.92 Å². The number of piperidine rings is 1. The summed E-state index contributed by atoms with van der Waals surface area (Å²) in [5, 5.41) is 0. The standard InChI is InChI=1S/C20H23NO/c1-2-6-16(7-3-1)14-21-12-10-17(11-13-21)20-19-9-5-4-8-18(19)15-22-20/h1-9,17,20H,10-15H2. The van der Waals surface area contributed by atoms with Gasteiger partial charge in [-0.25, -0.2) is 0 Å². The van der Waals surface area contributed by atoms with E-state index in [1.807, 2.05) is 0 Å². The molecular formula is C20H23NO. The first-order chi connectivity index (χ1) is 10.9. The van der Waals surface area contributed by atoms with Crippen LogP contribution in [-0.2, 0) is 17.9 Å². The minimum absolute atomic E-state index is 0.329. The Labute approximate surface area is 132 Å². The zero-order valence-corrected chi connectivity index (χ0v) is 12.9. The number of fused-ring (bicyclic) bond motifs is 1. The van der Waals surface area contributed by atoms with Gasteiger partial charge in [0.1, 0.15) is 0 Å². The third-order valence-corrected chi connectivity index (χ3v) is 5.09. The van der Waals surface area contributed by atoms with Crippen LogP contribution >= 0.6 is 0 Å². The molecule has 2 heteroatoms. The third kappa shape index (κ3) is 2.81. The molecule has 0 N–H and O–H groups in total. The molecular weight excluding hydrogens is 270 g/mol. The second-order valence-corrected chi connectivity index (χ2v) is 6.53. The Hall–Kier alpha value is -1.64. The van der Waals surface area contributed by atoms with E-state index in [-0.39, 0.29) is 0 Å². The fourth-order valence-electron chi connectivity index (χ4n) is 3.86. The molecule has 0 saturated carbocycles. The molecule has 114 valence electrons. The second kappa shape index (κ2) is 6.23. The third-order valence-electron chi connectivity index (χ3n) is 5.09. The second-order valence-electron chi connectivity index (χ2n) is 6.53. The quantitative estimate of drug-likeness (QED) is 0.842. The maximum Gasteiger partial charge on any atom is 0.0862 e. The number of likely N-dealkylation sites (tertiary alicyclic amines) is 1. The van der Waals surface area contributed by atoms with E-state index in [0.29, 0.717) is 12.0 Å². The van der Waals surface area contributed by atoms with E-state index in [1.54, 1.807) is 0 Å². The summed E-state index contributed by atoms with van der Waals surface area (Å²) in [6, 6.07) is 19.5. The van der Waals surface area contributed by atoms with Crippen molar-refractivity contribution in [3.05, 3.63) is 71.3 Å². The van der Waals surface area contributed by atoms with Gasteiger partial charge in [-0.05, 0) is 48.5 Å². The van der Waals surface area contributed by atoms with E-state index < -0.39 is 0 Å². The van der Waals surface area contributed by atoms with Gasteiger partial charge in [-0.2, -0.15) is 0 Å². The Morgan fingerprint density at radius 3 is 2.45 bits per heavy atom. The monoisotopic (exact) mass is 293 g/mol. The molecule has 2 aliphatic heterocycles. The number of hydrogen-bond acceptors (Lipinski definition) is 2. The van der Waals surface area contributed by atoms with Crippen molar-refractivity contribution in [3.63, 3.8) is 0 Å². The van der Waals surface area contributed by atoms with Gasteiger partial charge in [0.15, 0.2) is 0 Å². The highest BCUT2D eigenvalue weighted by Crippen LogP contribution is 2.40. The lowest BCUT2D eigenvalue weighted by Crippen LogP contribution is -2.35. The first kappa shape index (κ1) is 14.0. The van der Waals surface area contributed by atoms with E-state index in [9.17, 15) is 0 Å². The molecule has 22 heavy (non-hydrogen) atoms. The van der Waals surface area contributed by atoms with Gasteiger partial charge in [0, 0.05) is 6.54 Å². The smallest absolute Gasteiger partial charge is 0.0862 e. The highest BCUT2D eigenvalue weighted by Gasteiger charge is 2.32. The molecule has 1 fully saturated rings. The van der Waals surface area contributed by atoms with Crippen molar-refractivity contribution in [2.45, 2.75) is 32.1 Å². The Balaban J connectivity index is 1.37. The lowest BCUT2D eigenvalue weighted by Gasteiger charge is -2.34. The van der Waals surface area contributed by atoms with Crippen molar-refractivity contribution in [1.29, 1.82) is 0 Å². The first-order valence-corrected chi connectivity index (χ1v) is 8.36. The number of hydrogen-bond donors (Lipinski definition) is 0. The van der Waals surface area contributed by atoms with Gasteiger partial charge >= 0.3 is 0 Å². The van der Waals surface area contributed by atoms with Crippen molar-refractivity contribution < 1.29 is 4.74 Å². The SMILES string of the molecule is c1ccc(CN2CCC(C3OCc4ccccc43)CC2)cc1. The Bertz CT molecular complexity index is 617. The maximum absolute atomic E-state index is 6.10. The molecule has 0 spiro atoms. The molecule has 1 atom stereocenters. The zero-order valence-electron chi connectivity index (χ0n) is 12.9. The van der Waals surface area contributed by atoms with Crippen molar-refractivity contribution in [2.75, 3.05) is 13.1 Å². The molecule has 1 unspecified atom stereocenters. The molecule has 2 aliphatic rings. The van der Waals surface area contributed by atoms with E-state index in [1.165, 1.54) is 42.6 Å². The summed E-state index contributed by atoms with van der Waals surface area (Å²) in [4.78, 5) is 2.58. The average molecular weight is 293 g/mol. The van der Waals surface area contributed by atoms with Crippen LogP contribution in [-0.4, -0.2) is 18.0 Å². The largest absolute Gasteiger partial charge is 0.369 e. The Morgan fingerprint density at radius 1 is 0.909 bits per heavy atom. The van der Waals surface area contributed by atoms with Gasteiger partial charge in [-0.3, -0.25) is 4.90 Å². The lowest BCUT2D eigenvalue weighted by atomic mass is 9.87. The molecule has 0 aliphatic carbocycles. The van der Waals surface area contributed by atoms with Crippen molar-refractivity contribution in [2.24, 2.45) is 5.92 Å². The maximum atomic E-state index is 6.10. The van der Waals surface area contributed by atoms with Gasteiger partial charge in [0.05, 0.1) is 12.7 Å². The summed E-state index contributed by atoms with van der Waals surface area (Å²) in [7, 11) is 0. The van der Waals surface area contributed by atoms with E-state index >= 15 is 0 Å². The molecule has 2 nitrogen and oxygen atoms in total. The van der Waals surface area contributed by atoms with E-state index in [4.69, 9.17) is 4.74 Å². The number of benzene rings is 2. The van der Waals surface area contributed by atoms with Gasteiger partial charge in [-0.15, -0.1) is 0 Å². The summed E-state index contributed by atoms with van der Waals surface area (Å²) >= 11 is 0. The summed E-state index contributed by atoms with van der Waals surface area (Å²) in [5.41, 5.74) is 4.24. The van der Waals surface area contributed by atoms with Crippen LogP contribution in [0.1, 0.15) is 35.6 Å². The van der Waals surface area contributed by atoms with Crippen LogP contribution in [0.2, 0.25) is 0 Å². The molecule has 0 bridgehead atoms. The minimum atomic E-state index is 0.329. The van der Waals surface area contributed by atoms with Crippen LogP contribution in [0.5, 0.6) is 0 Å². The highest BCUT2D eigenvalue weighted by molar-refractivity contribution is 5.32. The zero-order chi connectivity index (χ0) is 14.8. The molecule has 0 aromatic heterocycles. The Morgan fingerprint density at radius 2 is 1.64 bits per heavy atom. The van der Waals surface area contributed by atoms with Crippen molar-refractivity contribution in [3.8, 4) is 0 Å². The summed E-state index contributed by atoms with van der Waals surface area (Å²) < 4.78 is 6.10. The predicted molar refractivity (Wildman–Crippen MR) is 88.4 cm³/mol. The topological polar surface area (TPSA) is 12.5 Å². The fraction of sp³-hybridized carbons (Fsp3) is 0.400. The molecule has 0 radical (unpaired) electrons. The number of ether oxygens (including phenoxy) is 1. The van der Waals surface area contributed by atoms with Crippen LogP contribution in [0.15, 0.2) is 54.6 Å². The van der Waals surface area contributed by atoms with Gasteiger partial charge in [0.25, 0.3) is 0 Å². The lowest BCUT2D eigenvalue weighted by molar-refractivity contribution is -0.00159. The van der Waals surface area contributed by atoms with E-state index in [0.717, 1.165) is 13.2 Å². The summed E-state index contributed by atoms with van der Waals surface area (Å²) in [6.45, 7) is 4.24. The molecule has 2 heterocycles. The highest BCUT2D eigenvalue weighted by atomic mass is 16.5. The average Bonchev–Trinajstić information content (AvgIpc) is 3.01. The summed E-state index contributed by atoms with van der Waals surface area (Å²) in [5.74, 6) is 0.677. The van der Waals surface area contributed by atoms with Crippen LogP contribution in [0.25, 0.3) is 0 Å². The van der Waals surface area contributed by atoms with Gasteiger partial charge < -0.3 is 4.74 Å². The normalized spacial score (nSPS) is 22.6. The van der Waals surface area contributed by atoms with E-state index in [2.05, 4.69) is 59.5 Å². The van der Waals surface area contributed by atoms with Gasteiger partial charge in [-0.1, -0.05) is 54.6 Å². The fourth-order valence-corrected chi connectivity index (χ4v) is 3.86. The van der Waals surface area contributed by atoms with Crippen LogP contribution in [0.4, 0.5) is 0 Å². The number of rotatable bonds is 3. The van der Waals surface area contributed by atoms with Crippen molar-refractivity contribution in [1.82, 2.24) is 4.90 Å². The molecule has 2 aromatic rings. The minimum Gasteiger partial charge on any atom is -0.369 e. The summed E-state index contributed by atoms with van der Waals surface area (Å²) in [6.07, 6.45) is 2.81. The van der Waals surface area contributed by atoms with Gasteiger partial charge in [0.2, 0.25) is 0 Å². The first-order valence-electron chi connectivity index (χ1n) is 8.36. The van der Waals surface area contributed by atoms with Crippen molar-refractivity contribution >= 4 is 0 Å². The molecule has 4 rings (SSSR count).